The van der Waals surface area contributed by atoms with Gasteiger partial charge in [-0.15, -0.1) is 0 Å². The number of aromatic nitrogens is 2. The van der Waals surface area contributed by atoms with Gasteiger partial charge in [-0.25, -0.2) is 9.48 Å². The molecule has 3 aromatic rings. The molecule has 2 aromatic carbocycles. The lowest BCUT2D eigenvalue weighted by Gasteiger charge is -2.28. The summed E-state index contributed by atoms with van der Waals surface area (Å²) in [4.78, 5) is 23.7. The average Bonchev–Trinajstić information content (AvgIpc) is 2.86. The fourth-order valence-electron chi connectivity index (χ4n) is 4.58. The maximum Gasteiger partial charge on any atom is 0.329 e. The summed E-state index contributed by atoms with van der Waals surface area (Å²) in [6.45, 7) is 0.788. The number of hydrogen-bond acceptors (Lipinski definition) is 5. The van der Waals surface area contributed by atoms with Gasteiger partial charge in [0, 0.05) is 23.7 Å². The molecule has 178 valence electrons. The predicted molar refractivity (Wildman–Crippen MR) is 130 cm³/mol. The van der Waals surface area contributed by atoms with Gasteiger partial charge in [-0.2, -0.15) is 5.10 Å². The van der Waals surface area contributed by atoms with Gasteiger partial charge in [-0.05, 0) is 55.2 Å². The SMILES string of the molecule is COc1cccc(-c2nn(C[C@H]3CC[C@@H](COCC(=O)O)CC3)c(=O)cc2-c2ccccc2)c1. The highest BCUT2D eigenvalue weighted by molar-refractivity contribution is 5.80. The van der Waals surface area contributed by atoms with Crippen molar-refractivity contribution in [3.8, 4) is 28.1 Å². The van der Waals surface area contributed by atoms with Crippen LogP contribution in [0.1, 0.15) is 25.7 Å². The lowest BCUT2D eigenvalue weighted by molar-refractivity contribution is -0.142. The van der Waals surface area contributed by atoms with Crippen molar-refractivity contribution < 1.29 is 19.4 Å². The third-order valence-corrected chi connectivity index (χ3v) is 6.40. The van der Waals surface area contributed by atoms with Gasteiger partial charge >= 0.3 is 5.97 Å². The Morgan fingerprint density at radius 1 is 1.00 bits per heavy atom. The molecule has 0 saturated heterocycles. The molecule has 0 amide bonds. The molecule has 34 heavy (non-hydrogen) atoms. The van der Waals surface area contributed by atoms with E-state index >= 15 is 0 Å². The second-order valence-corrected chi connectivity index (χ2v) is 8.82. The molecule has 0 atom stereocenters. The van der Waals surface area contributed by atoms with Gasteiger partial charge in [-0.3, -0.25) is 4.79 Å². The third-order valence-electron chi connectivity index (χ3n) is 6.40. The first-order chi connectivity index (χ1) is 16.5. The monoisotopic (exact) mass is 462 g/mol. The van der Waals surface area contributed by atoms with Crippen LogP contribution >= 0.6 is 0 Å². The zero-order valence-corrected chi connectivity index (χ0v) is 19.4. The van der Waals surface area contributed by atoms with Crippen molar-refractivity contribution in [2.45, 2.75) is 32.2 Å². The minimum Gasteiger partial charge on any atom is -0.497 e. The molecule has 0 unspecified atom stereocenters. The number of carbonyl (C=O) groups is 1. The van der Waals surface area contributed by atoms with Crippen molar-refractivity contribution >= 4 is 5.97 Å². The summed E-state index contributed by atoms with van der Waals surface area (Å²) in [5.41, 5.74) is 3.28. The Morgan fingerprint density at radius 3 is 2.41 bits per heavy atom. The molecule has 0 spiro atoms. The standard InChI is InChI=1S/C27H30N2O5/c1-33-23-9-5-8-22(14-23)27-24(21-6-3-2-4-7-21)15-25(30)29(28-27)16-19-10-12-20(13-11-19)17-34-18-26(31)32/h2-9,14-15,19-20H,10-13,16-18H2,1H3,(H,31,32)/t19-,20+. The lowest BCUT2D eigenvalue weighted by atomic mass is 9.82. The van der Waals surface area contributed by atoms with Crippen molar-refractivity contribution in [2.24, 2.45) is 11.8 Å². The molecule has 0 aliphatic heterocycles. The zero-order chi connectivity index (χ0) is 23.9. The summed E-state index contributed by atoms with van der Waals surface area (Å²) in [5.74, 6) is 0.513. The van der Waals surface area contributed by atoms with Gasteiger partial charge in [0.15, 0.2) is 0 Å². The number of carboxylic acids is 1. The Morgan fingerprint density at radius 2 is 1.71 bits per heavy atom. The van der Waals surface area contributed by atoms with E-state index in [1.807, 2.05) is 54.6 Å². The van der Waals surface area contributed by atoms with E-state index in [1.54, 1.807) is 17.9 Å². The molecule has 7 nitrogen and oxygen atoms in total. The van der Waals surface area contributed by atoms with Gasteiger partial charge in [0.2, 0.25) is 0 Å². The smallest absolute Gasteiger partial charge is 0.329 e. The van der Waals surface area contributed by atoms with Crippen LogP contribution in [0.25, 0.3) is 22.4 Å². The van der Waals surface area contributed by atoms with E-state index in [0.717, 1.165) is 53.8 Å². The van der Waals surface area contributed by atoms with Crippen molar-refractivity contribution in [1.82, 2.24) is 9.78 Å². The second kappa shape index (κ2) is 11.1. The van der Waals surface area contributed by atoms with E-state index in [4.69, 9.17) is 19.7 Å². The van der Waals surface area contributed by atoms with Crippen LogP contribution in [0.15, 0.2) is 65.5 Å². The quantitative estimate of drug-likeness (QED) is 0.504. The number of hydrogen-bond donors (Lipinski definition) is 1. The number of carboxylic acid groups (broad SMARTS) is 1. The fourth-order valence-corrected chi connectivity index (χ4v) is 4.58. The molecule has 1 fully saturated rings. The maximum absolute atomic E-state index is 13.1. The van der Waals surface area contributed by atoms with Gasteiger partial charge < -0.3 is 14.6 Å². The minimum atomic E-state index is -0.940. The van der Waals surface area contributed by atoms with Crippen LogP contribution in [0.5, 0.6) is 5.75 Å². The second-order valence-electron chi connectivity index (χ2n) is 8.82. The molecule has 1 saturated carbocycles. The summed E-state index contributed by atoms with van der Waals surface area (Å²) in [6, 6.07) is 19.2. The molecule has 1 N–H and O–H groups in total. The van der Waals surface area contributed by atoms with Crippen LogP contribution in [0.2, 0.25) is 0 Å². The van der Waals surface area contributed by atoms with Crippen molar-refractivity contribution in [3.05, 3.63) is 71.0 Å². The number of nitrogens with zero attached hydrogens (tertiary/aromatic N) is 2. The van der Waals surface area contributed by atoms with E-state index in [2.05, 4.69) is 0 Å². The molecule has 1 aliphatic carbocycles. The number of ether oxygens (including phenoxy) is 2. The van der Waals surface area contributed by atoms with Crippen LogP contribution in [0.3, 0.4) is 0 Å². The molecule has 0 radical (unpaired) electrons. The van der Waals surface area contributed by atoms with Gasteiger partial charge in [0.1, 0.15) is 12.4 Å². The Hall–Kier alpha value is -3.45. The Balaban J connectivity index is 1.56. The zero-order valence-electron chi connectivity index (χ0n) is 19.4. The summed E-state index contributed by atoms with van der Waals surface area (Å²) in [7, 11) is 1.63. The first kappa shape index (κ1) is 23.7. The largest absolute Gasteiger partial charge is 0.497 e. The summed E-state index contributed by atoms with van der Waals surface area (Å²) in [5, 5.41) is 13.6. The van der Waals surface area contributed by atoms with Crippen molar-refractivity contribution in [1.29, 1.82) is 0 Å². The van der Waals surface area contributed by atoms with Crippen LogP contribution < -0.4 is 10.3 Å². The van der Waals surface area contributed by atoms with E-state index in [-0.39, 0.29) is 12.2 Å². The van der Waals surface area contributed by atoms with E-state index in [0.29, 0.717) is 25.0 Å². The summed E-state index contributed by atoms with van der Waals surface area (Å²) < 4.78 is 12.3. The number of aliphatic carboxylic acids is 1. The Labute approximate surface area is 199 Å². The first-order valence-electron chi connectivity index (χ1n) is 11.6. The van der Waals surface area contributed by atoms with Gasteiger partial charge in [-0.1, -0.05) is 42.5 Å². The fraction of sp³-hybridized carbons (Fsp3) is 0.370. The highest BCUT2D eigenvalue weighted by atomic mass is 16.5. The minimum absolute atomic E-state index is 0.114. The lowest BCUT2D eigenvalue weighted by Crippen LogP contribution is -2.29. The van der Waals surface area contributed by atoms with Crippen LogP contribution in [0.4, 0.5) is 0 Å². The predicted octanol–water partition coefficient (Wildman–Crippen LogP) is 4.49. The first-order valence-corrected chi connectivity index (χ1v) is 11.6. The maximum atomic E-state index is 13.1. The van der Waals surface area contributed by atoms with Crippen LogP contribution in [-0.4, -0.2) is 41.2 Å². The molecule has 1 aromatic heterocycles. The van der Waals surface area contributed by atoms with Gasteiger partial charge in [0.05, 0.1) is 19.4 Å². The normalized spacial score (nSPS) is 17.9. The third kappa shape index (κ3) is 5.91. The van der Waals surface area contributed by atoms with E-state index < -0.39 is 5.97 Å². The molecular formula is C27H30N2O5. The topological polar surface area (TPSA) is 90.7 Å². The molecular weight excluding hydrogens is 432 g/mol. The summed E-state index contributed by atoms with van der Waals surface area (Å²) >= 11 is 0. The average molecular weight is 463 g/mol. The molecule has 0 bridgehead atoms. The number of methoxy groups -OCH3 is 1. The molecule has 1 heterocycles. The molecule has 7 heteroatoms. The van der Waals surface area contributed by atoms with E-state index in [1.165, 1.54) is 0 Å². The Bertz CT molecular complexity index is 1170. The highest BCUT2D eigenvalue weighted by Gasteiger charge is 2.23. The Kier molecular flexibility index (Phi) is 7.75. The number of rotatable bonds is 9. The van der Waals surface area contributed by atoms with Crippen LogP contribution in [-0.2, 0) is 16.1 Å². The van der Waals surface area contributed by atoms with Crippen LogP contribution in [0, 0.1) is 11.8 Å². The molecule has 1 aliphatic rings. The summed E-state index contributed by atoms with van der Waals surface area (Å²) in [6.07, 6.45) is 3.85. The highest BCUT2D eigenvalue weighted by Crippen LogP contribution is 2.32. The molecule has 4 rings (SSSR count). The number of benzene rings is 2. The van der Waals surface area contributed by atoms with Crippen molar-refractivity contribution in [3.63, 3.8) is 0 Å². The van der Waals surface area contributed by atoms with Crippen molar-refractivity contribution in [2.75, 3.05) is 20.3 Å². The van der Waals surface area contributed by atoms with Gasteiger partial charge in [0.25, 0.3) is 5.56 Å². The van der Waals surface area contributed by atoms with E-state index in [9.17, 15) is 9.59 Å².